The molecule has 0 bridgehead atoms. The van der Waals surface area contributed by atoms with E-state index in [0.29, 0.717) is 43.3 Å². The number of nitrogens with one attached hydrogen (secondary N) is 2. The number of amides is 2. The van der Waals surface area contributed by atoms with Crippen molar-refractivity contribution in [3.05, 3.63) is 10.6 Å². The molecule has 4 aliphatic heterocycles. The summed E-state index contributed by atoms with van der Waals surface area (Å²) in [7, 11) is 0. The second-order valence-electron chi connectivity index (χ2n) is 9.62. The van der Waals surface area contributed by atoms with E-state index in [2.05, 4.69) is 5.32 Å². The number of aliphatic hydroxyl groups excluding tert-OH is 1. The molecule has 0 aromatic rings. The Kier molecular flexibility index (Phi) is 6.49. The Morgan fingerprint density at radius 2 is 1.97 bits per heavy atom. The molecule has 0 saturated carbocycles. The summed E-state index contributed by atoms with van der Waals surface area (Å²) in [6, 6.07) is -0.637. The van der Waals surface area contributed by atoms with Crippen molar-refractivity contribution in [2.75, 3.05) is 26.2 Å². The maximum atomic E-state index is 13.2. The highest BCUT2D eigenvalue weighted by molar-refractivity contribution is 8.03. The van der Waals surface area contributed by atoms with Gasteiger partial charge in [-0.3, -0.25) is 15.0 Å². The van der Waals surface area contributed by atoms with Gasteiger partial charge in [0.25, 0.3) is 0 Å². The van der Waals surface area contributed by atoms with Crippen LogP contribution in [-0.2, 0) is 14.4 Å². The largest absolute Gasteiger partial charge is 0.477 e. The van der Waals surface area contributed by atoms with E-state index in [9.17, 15) is 24.6 Å². The lowest BCUT2D eigenvalue weighted by Crippen LogP contribution is -2.63. The molecule has 4 heterocycles. The highest BCUT2D eigenvalue weighted by Crippen LogP contribution is 2.51. The van der Waals surface area contributed by atoms with Gasteiger partial charge in [0.05, 0.1) is 29.9 Å². The Bertz CT molecular complexity index is 908. The van der Waals surface area contributed by atoms with E-state index in [-0.39, 0.29) is 46.8 Å². The molecule has 0 aromatic carbocycles. The standard InChI is InChI=1S/C22H33N5O5S/c1-10-9-25(13(4)23)5-6-26(10)20(29)15-7-14(8-24-15)33-19-11(2)17-16(12(3)28)21(30)27(17)18(19)22(31)32/h10-12,14-17,23-24,28H,5-9H2,1-4H3,(H,31,32)/t10?,11?,12?,14?,15?,16?,17-/m1/s1. The van der Waals surface area contributed by atoms with Crippen molar-refractivity contribution in [2.45, 2.75) is 63.6 Å². The number of carbonyl (C=O) groups excluding carboxylic acids is 2. The van der Waals surface area contributed by atoms with Crippen molar-refractivity contribution in [3.8, 4) is 0 Å². The number of piperazine rings is 1. The molecule has 4 N–H and O–H groups in total. The van der Waals surface area contributed by atoms with Gasteiger partial charge in [0.15, 0.2) is 0 Å². The molecule has 6 unspecified atom stereocenters. The number of aliphatic hydroxyl groups is 1. The number of nitrogens with zero attached hydrogens (tertiary/aromatic N) is 3. The number of hydrogen-bond donors (Lipinski definition) is 4. The van der Waals surface area contributed by atoms with Crippen LogP contribution in [0, 0.1) is 17.2 Å². The van der Waals surface area contributed by atoms with Crippen molar-refractivity contribution in [1.82, 2.24) is 20.0 Å². The lowest BCUT2D eigenvalue weighted by atomic mass is 9.79. The van der Waals surface area contributed by atoms with Crippen molar-refractivity contribution in [2.24, 2.45) is 11.8 Å². The smallest absolute Gasteiger partial charge is 0.353 e. The van der Waals surface area contributed by atoms with Gasteiger partial charge >= 0.3 is 5.97 Å². The topological polar surface area (TPSA) is 137 Å². The quantitative estimate of drug-likeness (QED) is 0.248. The molecule has 0 radical (unpaired) electrons. The summed E-state index contributed by atoms with van der Waals surface area (Å²) in [5.74, 6) is -1.65. The number of thioether (sulfide) groups is 1. The van der Waals surface area contributed by atoms with E-state index in [1.165, 1.54) is 16.7 Å². The summed E-state index contributed by atoms with van der Waals surface area (Å²) in [5.41, 5.74) is 0.0286. The Morgan fingerprint density at radius 3 is 2.55 bits per heavy atom. The number of hydrogen-bond acceptors (Lipinski definition) is 7. The minimum Gasteiger partial charge on any atom is -0.477 e. The number of carbonyl (C=O) groups is 3. The molecule has 2 amide bonds. The first-order chi connectivity index (χ1) is 15.5. The van der Waals surface area contributed by atoms with Crippen molar-refractivity contribution in [1.29, 1.82) is 5.41 Å². The van der Waals surface area contributed by atoms with Crippen LogP contribution in [-0.4, -0.2) is 104 Å². The molecule has 182 valence electrons. The highest BCUT2D eigenvalue weighted by Gasteiger charge is 2.60. The van der Waals surface area contributed by atoms with Gasteiger partial charge in [-0.25, -0.2) is 4.79 Å². The van der Waals surface area contributed by atoms with Crippen molar-refractivity contribution in [3.63, 3.8) is 0 Å². The summed E-state index contributed by atoms with van der Waals surface area (Å²) in [6.07, 6.45) is -0.239. The first-order valence-electron chi connectivity index (χ1n) is 11.5. The van der Waals surface area contributed by atoms with E-state index in [4.69, 9.17) is 5.41 Å². The van der Waals surface area contributed by atoms with Crippen LogP contribution in [0.25, 0.3) is 0 Å². The van der Waals surface area contributed by atoms with Gasteiger partial charge < -0.3 is 30.2 Å². The summed E-state index contributed by atoms with van der Waals surface area (Å²) < 4.78 is 0. The van der Waals surface area contributed by atoms with Crippen LogP contribution in [0.3, 0.4) is 0 Å². The third-order valence-corrected chi connectivity index (χ3v) is 8.89. The number of carboxylic acids is 1. The molecule has 0 aliphatic carbocycles. The molecule has 10 nitrogen and oxygen atoms in total. The molecule has 0 spiro atoms. The van der Waals surface area contributed by atoms with Crippen molar-refractivity contribution < 1.29 is 24.6 Å². The maximum Gasteiger partial charge on any atom is 0.353 e. The Balaban J connectivity index is 1.42. The number of aliphatic carboxylic acids is 1. The second kappa shape index (κ2) is 8.92. The van der Waals surface area contributed by atoms with Crippen LogP contribution in [0.15, 0.2) is 10.6 Å². The van der Waals surface area contributed by atoms with E-state index in [1.54, 1.807) is 13.8 Å². The van der Waals surface area contributed by atoms with Crippen LogP contribution in [0.2, 0.25) is 0 Å². The zero-order valence-electron chi connectivity index (χ0n) is 19.4. The molecule has 4 aliphatic rings. The van der Waals surface area contributed by atoms with Crippen LogP contribution in [0.5, 0.6) is 0 Å². The second-order valence-corrected chi connectivity index (χ2v) is 11.0. The maximum absolute atomic E-state index is 13.2. The molecule has 3 fully saturated rings. The third-order valence-electron chi connectivity index (χ3n) is 7.38. The van der Waals surface area contributed by atoms with Gasteiger partial charge in [0, 0.05) is 48.3 Å². The van der Waals surface area contributed by atoms with E-state index in [0.717, 1.165) is 0 Å². The Labute approximate surface area is 197 Å². The van der Waals surface area contributed by atoms with Crippen molar-refractivity contribution >= 4 is 35.4 Å². The lowest BCUT2D eigenvalue weighted by Gasteiger charge is -2.46. The predicted octanol–water partition coefficient (Wildman–Crippen LogP) is 0.134. The molecule has 4 rings (SSSR count). The number of rotatable bonds is 5. The Hall–Kier alpha value is -2.11. The van der Waals surface area contributed by atoms with Crippen LogP contribution in [0.1, 0.15) is 34.1 Å². The molecule has 7 atom stereocenters. The molecule has 33 heavy (non-hydrogen) atoms. The minimum atomic E-state index is -1.13. The highest BCUT2D eigenvalue weighted by atomic mass is 32.2. The lowest BCUT2D eigenvalue weighted by molar-refractivity contribution is -0.163. The molecular weight excluding hydrogens is 446 g/mol. The summed E-state index contributed by atoms with van der Waals surface area (Å²) in [4.78, 5) is 43.6. The first-order valence-corrected chi connectivity index (χ1v) is 12.4. The minimum absolute atomic E-state index is 0.0167. The number of β-lactam (4-membered cyclic amide) rings is 1. The average Bonchev–Trinajstić information content (AvgIpc) is 3.29. The number of fused-ring (bicyclic) bond motifs is 1. The van der Waals surface area contributed by atoms with E-state index in [1.807, 2.05) is 23.6 Å². The SMILES string of the molecule is CC(=N)N1CCN(C(=O)C2CC(SC3=C(C(=O)O)N4C(=O)C(C(C)O)[C@H]4C3C)CN2)C(C)C1. The zero-order chi connectivity index (χ0) is 24.2. The normalized spacial score (nSPS) is 34.9. The fourth-order valence-corrected chi connectivity index (χ4v) is 7.11. The predicted molar refractivity (Wildman–Crippen MR) is 124 cm³/mol. The third kappa shape index (κ3) is 4.04. The van der Waals surface area contributed by atoms with Gasteiger partial charge in [-0.2, -0.15) is 0 Å². The van der Waals surface area contributed by atoms with Crippen LogP contribution >= 0.6 is 11.8 Å². The van der Waals surface area contributed by atoms with E-state index >= 15 is 0 Å². The molecule has 11 heteroatoms. The number of amidine groups is 1. The van der Waals surface area contributed by atoms with Crippen LogP contribution in [0.4, 0.5) is 0 Å². The van der Waals surface area contributed by atoms with E-state index < -0.39 is 18.0 Å². The summed E-state index contributed by atoms with van der Waals surface area (Å²) in [6.45, 7) is 9.70. The van der Waals surface area contributed by atoms with Gasteiger partial charge in [-0.05, 0) is 27.2 Å². The Morgan fingerprint density at radius 1 is 1.27 bits per heavy atom. The summed E-state index contributed by atoms with van der Waals surface area (Å²) in [5, 5.41) is 31.0. The monoisotopic (exact) mass is 479 g/mol. The first kappa shape index (κ1) is 24.0. The van der Waals surface area contributed by atoms with Gasteiger partial charge in [0.1, 0.15) is 5.70 Å². The van der Waals surface area contributed by atoms with Gasteiger partial charge in [0.2, 0.25) is 11.8 Å². The molecule has 3 saturated heterocycles. The van der Waals surface area contributed by atoms with Crippen LogP contribution < -0.4 is 5.32 Å². The fraction of sp³-hybridized carbons (Fsp3) is 0.727. The summed E-state index contributed by atoms with van der Waals surface area (Å²) >= 11 is 1.45. The average molecular weight is 480 g/mol. The molecule has 0 aromatic heterocycles. The fourth-order valence-electron chi connectivity index (χ4n) is 5.63. The molecular formula is C22H33N5O5S. The zero-order valence-corrected chi connectivity index (χ0v) is 20.3. The number of carboxylic acid groups (broad SMARTS) is 1. The van der Waals surface area contributed by atoms with Gasteiger partial charge in [-0.1, -0.05) is 6.92 Å². The van der Waals surface area contributed by atoms with Gasteiger partial charge in [-0.15, -0.1) is 11.8 Å².